The molecule has 3 aromatic heterocycles. The molecular weight excluding hydrogens is 507 g/mol. The van der Waals surface area contributed by atoms with Crippen LogP contribution in [0.1, 0.15) is 48.1 Å². The van der Waals surface area contributed by atoms with Gasteiger partial charge in [-0.3, -0.25) is 14.9 Å². The molecule has 1 N–H and O–H groups in total. The van der Waals surface area contributed by atoms with Gasteiger partial charge in [0.25, 0.3) is 5.91 Å². The van der Waals surface area contributed by atoms with Gasteiger partial charge in [0, 0.05) is 42.8 Å². The molecule has 9 heteroatoms. The zero-order chi connectivity index (χ0) is 27.5. The van der Waals surface area contributed by atoms with Crippen LogP contribution in [0.5, 0.6) is 0 Å². The molecule has 2 aromatic carbocycles. The third kappa shape index (κ3) is 4.31. The number of carbonyl (C=O) groups excluding carboxylic acids is 2. The minimum atomic E-state index is -0.290. The lowest BCUT2D eigenvalue weighted by molar-refractivity contribution is -0.117. The van der Waals surface area contributed by atoms with Gasteiger partial charge in [-0.1, -0.05) is 25.1 Å². The number of hydrogen-bond donors (Lipinski definition) is 1. The molecule has 0 radical (unpaired) electrons. The summed E-state index contributed by atoms with van der Waals surface area (Å²) in [5.74, 6) is 0.316. The molecule has 2 fully saturated rings. The quantitative estimate of drug-likeness (QED) is 0.317. The van der Waals surface area contributed by atoms with Gasteiger partial charge in [0.1, 0.15) is 5.82 Å². The van der Waals surface area contributed by atoms with Crippen LogP contribution in [0.2, 0.25) is 0 Å². The van der Waals surface area contributed by atoms with E-state index in [0.717, 1.165) is 46.9 Å². The van der Waals surface area contributed by atoms with E-state index in [-0.39, 0.29) is 29.6 Å². The summed E-state index contributed by atoms with van der Waals surface area (Å²) in [6.07, 6.45) is 6.34. The first kappa shape index (κ1) is 24.5. The van der Waals surface area contributed by atoms with Gasteiger partial charge >= 0.3 is 0 Å². The molecule has 8 nitrogen and oxygen atoms in total. The Balaban J connectivity index is 1.23. The number of pyridine rings is 1. The number of benzene rings is 2. The predicted octanol–water partition coefficient (Wildman–Crippen LogP) is 5.60. The smallest absolute Gasteiger partial charge is 0.256 e. The Bertz CT molecular complexity index is 1800. The minimum Gasteiger partial charge on any atom is -0.350 e. The van der Waals surface area contributed by atoms with Crippen molar-refractivity contribution in [3.05, 3.63) is 83.9 Å². The van der Waals surface area contributed by atoms with Crippen LogP contribution in [0.4, 0.5) is 10.3 Å². The van der Waals surface area contributed by atoms with E-state index in [9.17, 15) is 14.0 Å². The van der Waals surface area contributed by atoms with E-state index in [1.165, 1.54) is 12.1 Å². The number of nitrogens with zero attached hydrogens (tertiary/aromatic N) is 5. The molecule has 1 aliphatic heterocycles. The van der Waals surface area contributed by atoms with Crippen LogP contribution in [0.25, 0.3) is 27.7 Å². The molecule has 2 aliphatic rings. The van der Waals surface area contributed by atoms with Crippen molar-refractivity contribution in [3.8, 4) is 11.1 Å². The van der Waals surface area contributed by atoms with Crippen molar-refractivity contribution in [2.45, 2.75) is 32.2 Å². The molecule has 7 rings (SSSR count). The summed E-state index contributed by atoms with van der Waals surface area (Å²) in [4.78, 5) is 32.5. The predicted molar refractivity (Wildman–Crippen MR) is 150 cm³/mol. The van der Waals surface area contributed by atoms with E-state index in [2.05, 4.69) is 22.3 Å². The minimum absolute atomic E-state index is 0.0325. The third-order valence-corrected chi connectivity index (χ3v) is 8.08. The number of fused-ring (bicyclic) bond motifs is 2. The fraction of sp³-hybridized carbons (Fsp3) is 0.290. The highest BCUT2D eigenvalue weighted by atomic mass is 19.1. The van der Waals surface area contributed by atoms with Crippen molar-refractivity contribution in [2.24, 2.45) is 18.9 Å². The molecule has 1 unspecified atom stereocenters. The van der Waals surface area contributed by atoms with E-state index in [4.69, 9.17) is 0 Å². The molecule has 1 saturated heterocycles. The number of likely N-dealkylation sites (tertiary alicyclic amines) is 1. The van der Waals surface area contributed by atoms with Crippen molar-refractivity contribution < 1.29 is 14.0 Å². The van der Waals surface area contributed by atoms with Gasteiger partial charge in [-0.2, -0.15) is 4.98 Å². The molecular formula is C31H29FN6O2. The number of amides is 2. The molecule has 5 aromatic rings. The third-order valence-electron chi connectivity index (χ3n) is 8.08. The van der Waals surface area contributed by atoms with Crippen molar-refractivity contribution in [3.63, 3.8) is 0 Å². The van der Waals surface area contributed by atoms with Gasteiger partial charge in [0.15, 0.2) is 5.65 Å². The summed E-state index contributed by atoms with van der Waals surface area (Å²) in [6.45, 7) is 2.75. The first-order valence-corrected chi connectivity index (χ1v) is 13.7. The van der Waals surface area contributed by atoms with Crippen molar-refractivity contribution in [1.82, 2.24) is 24.1 Å². The van der Waals surface area contributed by atoms with Crippen LogP contribution < -0.4 is 5.32 Å². The summed E-state index contributed by atoms with van der Waals surface area (Å²) in [6, 6.07) is 16.4. The Morgan fingerprint density at radius 3 is 2.67 bits per heavy atom. The number of halogens is 1. The van der Waals surface area contributed by atoms with Gasteiger partial charge in [0.2, 0.25) is 11.9 Å². The first-order valence-electron chi connectivity index (χ1n) is 13.7. The number of rotatable bonds is 5. The number of aromatic nitrogens is 4. The van der Waals surface area contributed by atoms with Crippen molar-refractivity contribution >= 4 is 34.3 Å². The van der Waals surface area contributed by atoms with E-state index < -0.39 is 0 Å². The largest absolute Gasteiger partial charge is 0.350 e. The van der Waals surface area contributed by atoms with Crippen molar-refractivity contribution in [2.75, 3.05) is 11.9 Å². The summed E-state index contributed by atoms with van der Waals surface area (Å²) >= 11 is 0. The Hall–Kier alpha value is -4.53. The molecule has 202 valence electrons. The second kappa shape index (κ2) is 9.29. The maximum Gasteiger partial charge on any atom is 0.256 e. The van der Waals surface area contributed by atoms with Gasteiger partial charge in [-0.05, 0) is 78.3 Å². The number of carbonyl (C=O) groups is 2. The Morgan fingerprint density at radius 1 is 1.05 bits per heavy atom. The maximum atomic E-state index is 14.0. The molecule has 4 heterocycles. The first-order chi connectivity index (χ1) is 19.3. The van der Waals surface area contributed by atoms with E-state index in [1.54, 1.807) is 10.6 Å². The highest BCUT2D eigenvalue weighted by Gasteiger charge is 2.36. The lowest BCUT2D eigenvalue weighted by Gasteiger charge is -2.25. The second-order valence-electron chi connectivity index (χ2n) is 11.2. The Morgan fingerprint density at radius 2 is 1.88 bits per heavy atom. The van der Waals surface area contributed by atoms with Crippen LogP contribution in [-0.4, -0.2) is 42.4 Å². The van der Waals surface area contributed by atoms with E-state index in [0.29, 0.717) is 29.6 Å². The standard InChI is InChI=1S/C31H29FN6O2/c1-18-12-27(22-4-3-5-23(32)13-22)37(16-18)30(40)25-17-36(2)26-9-8-20(14-24(25)26)21-10-11-38-28(15-21)33-31(35-38)34-29(39)19-6-7-19/h3-5,8-11,13-15,17-19,27H,6-7,12,16H2,1-2H3,(H,34,35,39)/t18?,27-/m0/s1. The fourth-order valence-electron chi connectivity index (χ4n) is 5.87. The van der Waals surface area contributed by atoms with Gasteiger partial charge in [0.05, 0.1) is 11.6 Å². The van der Waals surface area contributed by atoms with E-state index in [1.807, 2.05) is 65.3 Å². The molecule has 2 atom stereocenters. The van der Waals surface area contributed by atoms with E-state index >= 15 is 0 Å². The zero-order valence-electron chi connectivity index (χ0n) is 22.3. The topological polar surface area (TPSA) is 84.5 Å². The number of nitrogens with one attached hydrogen (secondary N) is 1. The summed E-state index contributed by atoms with van der Waals surface area (Å²) in [7, 11) is 1.94. The Kier molecular flexibility index (Phi) is 5.69. The summed E-state index contributed by atoms with van der Waals surface area (Å²) in [5, 5.41) is 8.03. The van der Waals surface area contributed by atoms with Crippen LogP contribution in [0.15, 0.2) is 67.0 Å². The monoisotopic (exact) mass is 536 g/mol. The molecule has 0 spiro atoms. The summed E-state index contributed by atoms with van der Waals surface area (Å²) < 4.78 is 17.7. The van der Waals surface area contributed by atoms with Gasteiger partial charge in [-0.25, -0.2) is 8.91 Å². The van der Waals surface area contributed by atoms with Crippen LogP contribution in [0.3, 0.4) is 0 Å². The molecule has 2 amide bonds. The number of anilines is 1. The van der Waals surface area contributed by atoms with Gasteiger partial charge < -0.3 is 9.47 Å². The summed E-state index contributed by atoms with van der Waals surface area (Å²) in [5.41, 5.74) is 4.90. The Labute approximate surface area is 230 Å². The molecule has 1 aliphatic carbocycles. The zero-order valence-corrected chi connectivity index (χ0v) is 22.3. The van der Waals surface area contributed by atoms with Crippen LogP contribution in [0, 0.1) is 17.7 Å². The molecule has 0 bridgehead atoms. The number of hydrogen-bond acceptors (Lipinski definition) is 4. The van der Waals surface area contributed by atoms with Crippen LogP contribution >= 0.6 is 0 Å². The fourth-order valence-corrected chi connectivity index (χ4v) is 5.87. The lowest BCUT2D eigenvalue weighted by atomic mass is 10.00. The second-order valence-corrected chi connectivity index (χ2v) is 11.2. The highest BCUT2D eigenvalue weighted by Crippen LogP contribution is 2.38. The molecule has 1 saturated carbocycles. The lowest BCUT2D eigenvalue weighted by Crippen LogP contribution is -2.31. The van der Waals surface area contributed by atoms with Crippen LogP contribution in [-0.2, 0) is 11.8 Å². The average Bonchev–Trinajstić information content (AvgIpc) is 3.50. The normalized spacial score (nSPS) is 19.0. The SMILES string of the molecule is CC1C[C@@H](c2cccc(F)c2)N(C(=O)c2cn(C)c3ccc(-c4ccn5nc(NC(=O)C6CC6)nc5c4)cc23)C1. The maximum absolute atomic E-state index is 14.0. The number of aryl methyl sites for hydroxylation is 1. The molecule has 40 heavy (non-hydrogen) atoms. The van der Waals surface area contributed by atoms with Gasteiger partial charge in [-0.15, -0.1) is 5.10 Å². The highest BCUT2D eigenvalue weighted by molar-refractivity contribution is 6.08. The van der Waals surface area contributed by atoms with Crippen molar-refractivity contribution in [1.29, 1.82) is 0 Å². The average molecular weight is 537 g/mol.